The third-order valence-corrected chi connectivity index (χ3v) is 1.97. The monoisotopic (exact) mass is 222 g/mol. The molecule has 0 saturated carbocycles. The number of hydrogen-bond acceptors (Lipinski definition) is 1. The molecule has 0 aliphatic carbocycles. The van der Waals surface area contributed by atoms with Gasteiger partial charge in [0.15, 0.2) is 17.4 Å². The summed E-state index contributed by atoms with van der Waals surface area (Å²) in [5.74, 6) is -6.94. The summed E-state index contributed by atoms with van der Waals surface area (Å²) in [7, 11) is 0. The fourth-order valence-electron chi connectivity index (χ4n) is 0.939. The van der Waals surface area contributed by atoms with Crippen LogP contribution in [0.3, 0.4) is 0 Å². The van der Waals surface area contributed by atoms with Crippen molar-refractivity contribution in [3.05, 3.63) is 29.3 Å². The van der Waals surface area contributed by atoms with Crippen molar-refractivity contribution in [2.24, 2.45) is 0 Å². The lowest BCUT2D eigenvalue weighted by Gasteiger charge is -2.14. The predicted octanol–water partition coefficient (Wildman–Crippen LogP) is 3.42. The third-order valence-electron chi connectivity index (χ3n) is 1.97. The van der Waals surface area contributed by atoms with Gasteiger partial charge in [0.1, 0.15) is 0 Å². The van der Waals surface area contributed by atoms with Crippen LogP contribution in [0.25, 0.3) is 0 Å². The molecule has 0 aliphatic rings. The zero-order valence-electron chi connectivity index (χ0n) is 8.28. The molecule has 1 nitrogen and oxygen atoms in total. The lowest BCUT2D eigenvalue weighted by Crippen LogP contribution is -2.13. The van der Waals surface area contributed by atoms with Crippen LogP contribution in [-0.4, -0.2) is 6.10 Å². The first kappa shape index (κ1) is 11.8. The molecule has 0 amide bonds. The van der Waals surface area contributed by atoms with Crippen molar-refractivity contribution in [2.75, 3.05) is 0 Å². The van der Waals surface area contributed by atoms with Crippen LogP contribution in [0.15, 0.2) is 6.07 Å². The molecule has 0 unspecified atom stereocenters. The molecule has 0 radical (unpaired) electrons. The fourth-order valence-corrected chi connectivity index (χ4v) is 0.939. The van der Waals surface area contributed by atoms with Crippen molar-refractivity contribution in [1.82, 2.24) is 0 Å². The largest absolute Gasteiger partial charge is 0.485 e. The average Bonchev–Trinajstić information content (AvgIpc) is 2.21. The van der Waals surface area contributed by atoms with Crippen LogP contribution < -0.4 is 4.74 Å². The molecule has 0 heterocycles. The van der Waals surface area contributed by atoms with Crippen LogP contribution in [0.1, 0.15) is 20.3 Å². The van der Waals surface area contributed by atoms with Gasteiger partial charge in [0.2, 0.25) is 11.6 Å². The summed E-state index contributed by atoms with van der Waals surface area (Å²) in [5.41, 5.74) is 0. The molecule has 0 aromatic heterocycles. The van der Waals surface area contributed by atoms with E-state index in [2.05, 4.69) is 0 Å². The second-order valence-corrected chi connectivity index (χ2v) is 3.13. The van der Waals surface area contributed by atoms with Gasteiger partial charge in [-0.3, -0.25) is 0 Å². The highest BCUT2D eigenvalue weighted by Gasteiger charge is 2.21. The number of rotatable bonds is 3. The zero-order chi connectivity index (χ0) is 11.6. The molecule has 1 aromatic carbocycles. The molecule has 0 N–H and O–H groups in total. The van der Waals surface area contributed by atoms with Crippen LogP contribution in [0.2, 0.25) is 0 Å². The Morgan fingerprint density at radius 3 is 2.00 bits per heavy atom. The second kappa shape index (κ2) is 4.51. The van der Waals surface area contributed by atoms with Gasteiger partial charge in [0.05, 0.1) is 6.10 Å². The first-order valence-electron chi connectivity index (χ1n) is 4.47. The Hall–Kier alpha value is -1.26. The van der Waals surface area contributed by atoms with E-state index in [1.54, 1.807) is 13.8 Å². The Labute approximate surface area is 84.7 Å². The van der Waals surface area contributed by atoms with E-state index in [9.17, 15) is 17.6 Å². The molecule has 0 aliphatic heterocycles. The SMILES string of the molecule is CC[C@@H](C)Oc1c(F)c(F)cc(F)c1F. The molecule has 15 heavy (non-hydrogen) atoms. The standard InChI is InChI=1S/C10H10F4O/c1-3-5(2)15-10-8(13)6(11)4-7(12)9(10)14/h4-5H,3H2,1-2H3/t5-/m1/s1. The highest BCUT2D eigenvalue weighted by Crippen LogP contribution is 2.27. The molecule has 0 bridgehead atoms. The Kier molecular flexibility index (Phi) is 3.55. The summed E-state index contributed by atoms with van der Waals surface area (Å²) < 4.78 is 56.2. The molecule has 5 heteroatoms. The van der Waals surface area contributed by atoms with Crippen LogP contribution >= 0.6 is 0 Å². The lowest BCUT2D eigenvalue weighted by molar-refractivity contribution is 0.191. The summed E-state index contributed by atoms with van der Waals surface area (Å²) in [6, 6.07) is 0.147. The lowest BCUT2D eigenvalue weighted by atomic mass is 10.2. The van der Waals surface area contributed by atoms with Crippen molar-refractivity contribution in [3.8, 4) is 5.75 Å². The summed E-state index contributed by atoms with van der Waals surface area (Å²) in [4.78, 5) is 0. The maximum atomic E-state index is 13.0. The van der Waals surface area contributed by atoms with Crippen molar-refractivity contribution >= 4 is 0 Å². The Morgan fingerprint density at radius 2 is 1.60 bits per heavy atom. The van der Waals surface area contributed by atoms with E-state index in [1.807, 2.05) is 0 Å². The normalized spacial score (nSPS) is 12.7. The van der Waals surface area contributed by atoms with E-state index < -0.39 is 35.1 Å². The van der Waals surface area contributed by atoms with Crippen LogP contribution in [0.4, 0.5) is 17.6 Å². The first-order chi connectivity index (χ1) is 6.97. The maximum Gasteiger partial charge on any atom is 0.203 e. The first-order valence-corrected chi connectivity index (χ1v) is 4.47. The van der Waals surface area contributed by atoms with Gasteiger partial charge in [-0.05, 0) is 13.3 Å². The van der Waals surface area contributed by atoms with Gasteiger partial charge < -0.3 is 4.74 Å². The minimum atomic E-state index is -1.51. The Bertz CT molecular complexity index is 339. The van der Waals surface area contributed by atoms with Crippen molar-refractivity contribution in [2.45, 2.75) is 26.4 Å². The highest BCUT2D eigenvalue weighted by atomic mass is 19.2. The van der Waals surface area contributed by atoms with Crippen molar-refractivity contribution < 1.29 is 22.3 Å². The second-order valence-electron chi connectivity index (χ2n) is 3.13. The summed E-state index contributed by atoms with van der Waals surface area (Å²) >= 11 is 0. The molecule has 84 valence electrons. The molecule has 1 aromatic rings. The van der Waals surface area contributed by atoms with Gasteiger partial charge in [0.25, 0.3) is 0 Å². The fraction of sp³-hybridized carbons (Fsp3) is 0.400. The van der Waals surface area contributed by atoms with Gasteiger partial charge >= 0.3 is 0 Å². The molecule has 0 saturated heterocycles. The third kappa shape index (κ3) is 2.40. The average molecular weight is 222 g/mol. The van der Waals surface area contributed by atoms with Crippen molar-refractivity contribution in [1.29, 1.82) is 0 Å². The molecular weight excluding hydrogens is 212 g/mol. The topological polar surface area (TPSA) is 9.23 Å². The maximum absolute atomic E-state index is 13.0. The molecule has 1 rings (SSSR count). The number of hydrogen-bond donors (Lipinski definition) is 0. The molecule has 1 atom stereocenters. The molecule has 0 spiro atoms. The molecular formula is C10H10F4O. The van der Waals surface area contributed by atoms with Gasteiger partial charge in [0, 0.05) is 6.07 Å². The zero-order valence-corrected chi connectivity index (χ0v) is 8.28. The quantitative estimate of drug-likeness (QED) is 0.562. The van der Waals surface area contributed by atoms with Gasteiger partial charge in [-0.15, -0.1) is 0 Å². The van der Waals surface area contributed by atoms with E-state index in [-0.39, 0.29) is 6.07 Å². The number of halogens is 4. The van der Waals surface area contributed by atoms with E-state index in [0.29, 0.717) is 6.42 Å². The highest BCUT2D eigenvalue weighted by molar-refractivity contribution is 5.28. The van der Waals surface area contributed by atoms with E-state index >= 15 is 0 Å². The number of benzene rings is 1. The minimum absolute atomic E-state index is 0.147. The minimum Gasteiger partial charge on any atom is -0.485 e. The van der Waals surface area contributed by atoms with Gasteiger partial charge in [-0.25, -0.2) is 8.78 Å². The smallest absolute Gasteiger partial charge is 0.203 e. The summed E-state index contributed by atoms with van der Waals surface area (Å²) in [6.07, 6.45) is -0.0491. The summed E-state index contributed by atoms with van der Waals surface area (Å²) in [5, 5.41) is 0. The van der Waals surface area contributed by atoms with Crippen molar-refractivity contribution in [3.63, 3.8) is 0 Å². The van der Waals surface area contributed by atoms with Crippen LogP contribution in [-0.2, 0) is 0 Å². The van der Waals surface area contributed by atoms with E-state index in [1.165, 1.54) is 0 Å². The van der Waals surface area contributed by atoms with Gasteiger partial charge in [-0.1, -0.05) is 6.92 Å². The van der Waals surface area contributed by atoms with E-state index in [4.69, 9.17) is 4.74 Å². The Morgan fingerprint density at radius 1 is 1.13 bits per heavy atom. The van der Waals surface area contributed by atoms with E-state index in [0.717, 1.165) is 0 Å². The predicted molar refractivity (Wildman–Crippen MR) is 46.7 cm³/mol. The van der Waals surface area contributed by atoms with Crippen LogP contribution in [0, 0.1) is 23.3 Å². The molecule has 0 fully saturated rings. The van der Waals surface area contributed by atoms with Gasteiger partial charge in [-0.2, -0.15) is 8.78 Å². The summed E-state index contributed by atoms with van der Waals surface area (Å²) in [6.45, 7) is 3.26. The van der Waals surface area contributed by atoms with Crippen LogP contribution in [0.5, 0.6) is 5.75 Å². The number of ether oxygens (including phenoxy) is 1. The Balaban J connectivity index is 3.15.